The van der Waals surface area contributed by atoms with Crippen molar-refractivity contribution in [2.75, 3.05) is 5.32 Å². The Labute approximate surface area is 124 Å². The lowest BCUT2D eigenvalue weighted by atomic mass is 9.84. The van der Waals surface area contributed by atoms with E-state index in [0.29, 0.717) is 6.42 Å². The zero-order chi connectivity index (χ0) is 15.6. The second-order valence-electron chi connectivity index (χ2n) is 6.58. The number of fused-ring (bicyclic) bond motifs is 1. The Morgan fingerprint density at radius 2 is 2.05 bits per heavy atom. The van der Waals surface area contributed by atoms with Crippen molar-refractivity contribution in [3.05, 3.63) is 29.8 Å². The van der Waals surface area contributed by atoms with E-state index in [4.69, 9.17) is 5.11 Å². The zero-order valence-electron chi connectivity index (χ0n) is 12.6. The first-order chi connectivity index (χ1) is 9.77. The summed E-state index contributed by atoms with van der Waals surface area (Å²) in [6.45, 7) is 5.78. The van der Waals surface area contributed by atoms with Gasteiger partial charge in [-0.2, -0.15) is 0 Å². The van der Waals surface area contributed by atoms with Gasteiger partial charge in [0, 0.05) is 18.2 Å². The molecule has 3 N–H and O–H groups in total. The standard InChI is InChI=1S/C16H22N2O3/c1-16(2,3)13(9-14(19)20)18-15(21)12-8-10-6-4-5-7-11(10)17-12/h4-7,12-13,17H,8-9H2,1-3H3,(H,18,21)(H,19,20)/t12-,13?/m0/s1. The lowest BCUT2D eigenvalue weighted by Gasteiger charge is -2.31. The molecule has 0 aromatic heterocycles. The Kier molecular flexibility index (Phi) is 4.21. The van der Waals surface area contributed by atoms with E-state index < -0.39 is 12.0 Å². The third-order valence-electron chi connectivity index (χ3n) is 3.83. The number of hydrogen-bond donors (Lipinski definition) is 3. The molecule has 1 aliphatic rings. The summed E-state index contributed by atoms with van der Waals surface area (Å²) in [6.07, 6.45) is 0.556. The average molecular weight is 290 g/mol. The van der Waals surface area contributed by atoms with Gasteiger partial charge in [-0.25, -0.2) is 0 Å². The minimum atomic E-state index is -0.905. The van der Waals surface area contributed by atoms with Crippen LogP contribution in [0.4, 0.5) is 5.69 Å². The Morgan fingerprint density at radius 3 is 2.62 bits per heavy atom. The number of amides is 1. The number of benzene rings is 1. The second-order valence-corrected chi connectivity index (χ2v) is 6.58. The molecular weight excluding hydrogens is 268 g/mol. The molecule has 1 heterocycles. The van der Waals surface area contributed by atoms with Gasteiger partial charge < -0.3 is 15.7 Å². The lowest BCUT2D eigenvalue weighted by Crippen LogP contribution is -2.50. The number of carboxylic acids is 1. The summed E-state index contributed by atoms with van der Waals surface area (Å²) in [4.78, 5) is 23.4. The van der Waals surface area contributed by atoms with E-state index >= 15 is 0 Å². The molecule has 0 aliphatic carbocycles. The summed E-state index contributed by atoms with van der Waals surface area (Å²) in [5.74, 6) is -1.05. The Hall–Kier alpha value is -2.04. The maximum atomic E-state index is 12.4. The van der Waals surface area contributed by atoms with Gasteiger partial charge >= 0.3 is 5.97 Å². The Morgan fingerprint density at radius 1 is 1.38 bits per heavy atom. The highest BCUT2D eigenvalue weighted by atomic mass is 16.4. The molecule has 0 saturated heterocycles. The summed E-state index contributed by atoms with van der Waals surface area (Å²) in [5, 5.41) is 15.1. The SMILES string of the molecule is CC(C)(C)C(CC(=O)O)NC(=O)[C@@H]1Cc2ccccc2N1. The Balaban J connectivity index is 2.02. The molecule has 2 rings (SSSR count). The largest absolute Gasteiger partial charge is 0.481 e. The van der Waals surface area contributed by atoms with Gasteiger partial charge in [-0.3, -0.25) is 9.59 Å². The van der Waals surface area contributed by atoms with Crippen LogP contribution in [0, 0.1) is 5.41 Å². The number of anilines is 1. The van der Waals surface area contributed by atoms with Gasteiger partial charge in [0.1, 0.15) is 6.04 Å². The number of carbonyl (C=O) groups excluding carboxylic acids is 1. The first kappa shape index (κ1) is 15.4. The summed E-state index contributed by atoms with van der Waals surface area (Å²) in [5.41, 5.74) is 1.78. The van der Waals surface area contributed by atoms with Gasteiger partial charge in [0.15, 0.2) is 0 Å². The molecule has 1 amide bonds. The third-order valence-corrected chi connectivity index (χ3v) is 3.83. The number of hydrogen-bond acceptors (Lipinski definition) is 3. The van der Waals surface area contributed by atoms with Crippen LogP contribution >= 0.6 is 0 Å². The Bertz CT molecular complexity index is 524. The number of para-hydroxylation sites is 1. The molecule has 5 nitrogen and oxygen atoms in total. The van der Waals surface area contributed by atoms with Crippen molar-refractivity contribution >= 4 is 17.6 Å². The fraction of sp³-hybridized carbons (Fsp3) is 0.500. The number of carbonyl (C=O) groups is 2. The quantitative estimate of drug-likeness (QED) is 0.793. The van der Waals surface area contributed by atoms with Crippen LogP contribution in [0.15, 0.2) is 24.3 Å². The predicted octanol–water partition coefficient (Wildman–Crippen LogP) is 2.03. The monoisotopic (exact) mass is 290 g/mol. The average Bonchev–Trinajstić information content (AvgIpc) is 2.80. The molecule has 1 aromatic carbocycles. The van der Waals surface area contributed by atoms with E-state index in [-0.39, 0.29) is 23.8 Å². The van der Waals surface area contributed by atoms with E-state index in [1.54, 1.807) is 0 Å². The number of aliphatic carboxylic acids is 1. The highest BCUT2D eigenvalue weighted by molar-refractivity contribution is 5.88. The topological polar surface area (TPSA) is 78.4 Å². The van der Waals surface area contributed by atoms with Crippen LogP contribution in [0.1, 0.15) is 32.8 Å². The van der Waals surface area contributed by atoms with Crippen LogP contribution in [0.3, 0.4) is 0 Å². The summed E-state index contributed by atoms with van der Waals surface area (Å²) in [6, 6.07) is 7.08. The molecule has 0 spiro atoms. The number of nitrogens with one attached hydrogen (secondary N) is 2. The molecule has 1 aliphatic heterocycles. The van der Waals surface area contributed by atoms with Gasteiger partial charge in [0.05, 0.1) is 6.42 Å². The smallest absolute Gasteiger partial charge is 0.305 e. The molecule has 0 radical (unpaired) electrons. The van der Waals surface area contributed by atoms with Crippen LogP contribution in [0.25, 0.3) is 0 Å². The van der Waals surface area contributed by atoms with Gasteiger partial charge in [-0.15, -0.1) is 0 Å². The van der Waals surface area contributed by atoms with Crippen LogP contribution in [0.5, 0.6) is 0 Å². The second kappa shape index (κ2) is 5.76. The molecular formula is C16H22N2O3. The molecule has 0 bridgehead atoms. The maximum absolute atomic E-state index is 12.4. The van der Waals surface area contributed by atoms with Crippen LogP contribution in [-0.2, 0) is 16.0 Å². The summed E-state index contributed by atoms with van der Waals surface area (Å²) >= 11 is 0. The van der Waals surface area contributed by atoms with E-state index in [2.05, 4.69) is 10.6 Å². The maximum Gasteiger partial charge on any atom is 0.305 e. The first-order valence-corrected chi connectivity index (χ1v) is 7.14. The first-order valence-electron chi connectivity index (χ1n) is 7.14. The summed E-state index contributed by atoms with van der Waals surface area (Å²) in [7, 11) is 0. The van der Waals surface area contributed by atoms with Crippen molar-refractivity contribution in [2.24, 2.45) is 5.41 Å². The van der Waals surface area contributed by atoms with E-state index in [1.807, 2.05) is 45.0 Å². The molecule has 1 aromatic rings. The third kappa shape index (κ3) is 3.74. The van der Waals surface area contributed by atoms with Gasteiger partial charge in [-0.05, 0) is 17.0 Å². The van der Waals surface area contributed by atoms with E-state index in [0.717, 1.165) is 11.3 Å². The van der Waals surface area contributed by atoms with Crippen molar-refractivity contribution in [1.82, 2.24) is 5.32 Å². The van der Waals surface area contributed by atoms with Crippen molar-refractivity contribution in [3.63, 3.8) is 0 Å². The number of carboxylic acid groups (broad SMARTS) is 1. The van der Waals surface area contributed by atoms with Gasteiger partial charge in [0.25, 0.3) is 0 Å². The van der Waals surface area contributed by atoms with Crippen LogP contribution < -0.4 is 10.6 Å². The highest BCUT2D eigenvalue weighted by Gasteiger charge is 2.32. The minimum absolute atomic E-state index is 0.0745. The normalized spacial score (nSPS) is 18.5. The van der Waals surface area contributed by atoms with Crippen LogP contribution in [0.2, 0.25) is 0 Å². The van der Waals surface area contributed by atoms with E-state index in [9.17, 15) is 9.59 Å². The van der Waals surface area contributed by atoms with Gasteiger partial charge in [0.2, 0.25) is 5.91 Å². The van der Waals surface area contributed by atoms with Crippen molar-refractivity contribution < 1.29 is 14.7 Å². The molecule has 2 atom stereocenters. The highest BCUT2D eigenvalue weighted by Crippen LogP contribution is 2.26. The fourth-order valence-corrected chi connectivity index (χ4v) is 2.48. The molecule has 0 fully saturated rings. The molecule has 114 valence electrons. The molecule has 0 saturated carbocycles. The van der Waals surface area contributed by atoms with Crippen molar-refractivity contribution in [2.45, 2.75) is 45.7 Å². The van der Waals surface area contributed by atoms with Crippen LogP contribution in [-0.4, -0.2) is 29.1 Å². The predicted molar refractivity (Wildman–Crippen MR) is 81.2 cm³/mol. The van der Waals surface area contributed by atoms with Crippen molar-refractivity contribution in [1.29, 1.82) is 0 Å². The minimum Gasteiger partial charge on any atom is -0.481 e. The molecule has 5 heteroatoms. The van der Waals surface area contributed by atoms with Gasteiger partial charge in [-0.1, -0.05) is 39.0 Å². The number of rotatable bonds is 4. The van der Waals surface area contributed by atoms with E-state index in [1.165, 1.54) is 0 Å². The van der Waals surface area contributed by atoms with Crippen molar-refractivity contribution in [3.8, 4) is 0 Å². The molecule has 1 unspecified atom stereocenters. The lowest BCUT2D eigenvalue weighted by molar-refractivity contribution is -0.138. The molecule has 21 heavy (non-hydrogen) atoms. The zero-order valence-corrected chi connectivity index (χ0v) is 12.6. The summed E-state index contributed by atoms with van der Waals surface area (Å²) < 4.78 is 0. The fourth-order valence-electron chi connectivity index (χ4n) is 2.48.